The molecule has 0 saturated carbocycles. The quantitative estimate of drug-likeness (QED) is 0.672. The van der Waals surface area contributed by atoms with Gasteiger partial charge in [-0.25, -0.2) is 0 Å². The number of benzene rings is 1. The zero-order valence-corrected chi connectivity index (χ0v) is 11.5. The normalized spacial score (nSPS) is 10.8. The van der Waals surface area contributed by atoms with E-state index in [1.165, 1.54) is 20.4 Å². The molecule has 112 valence electrons. The molecule has 0 saturated heterocycles. The van der Waals surface area contributed by atoms with Crippen LogP contribution in [0.5, 0.6) is 11.5 Å². The lowest BCUT2D eigenvalue weighted by molar-refractivity contribution is -0.331. The fraction of sp³-hybridized carbons (Fsp3) is 0.286. The number of rotatable bonds is 6. The second-order valence-corrected chi connectivity index (χ2v) is 4.43. The number of carboxylic acids is 2. The summed E-state index contributed by atoms with van der Waals surface area (Å²) in [7, 11) is 2.96. The molecule has 0 unspecified atom stereocenters. The van der Waals surface area contributed by atoms with E-state index in [1.54, 1.807) is 12.1 Å². The van der Waals surface area contributed by atoms with E-state index >= 15 is 0 Å². The van der Waals surface area contributed by atoms with Crippen molar-refractivity contribution in [3.8, 4) is 11.5 Å². The molecule has 0 fully saturated rings. The van der Waals surface area contributed by atoms with Gasteiger partial charge in [0.05, 0.1) is 31.7 Å². The lowest BCUT2D eigenvalue weighted by Gasteiger charge is -2.18. The zero-order chi connectivity index (χ0) is 15.6. The molecular weight excluding hydrogens is 278 g/mol. The third-order valence-electron chi connectivity index (χ3n) is 3.27. The van der Waals surface area contributed by atoms with E-state index in [0.717, 1.165) is 0 Å². The first-order valence-electron chi connectivity index (χ1n) is 6.12. The van der Waals surface area contributed by atoms with Crippen LogP contribution in [0.3, 0.4) is 0 Å². The van der Waals surface area contributed by atoms with Crippen LogP contribution in [0.15, 0.2) is 18.3 Å². The van der Waals surface area contributed by atoms with E-state index in [9.17, 15) is 19.8 Å². The van der Waals surface area contributed by atoms with Gasteiger partial charge in [0.1, 0.15) is 11.5 Å². The Morgan fingerprint density at radius 2 is 1.71 bits per heavy atom. The molecular formula is C14H13NO6-2. The van der Waals surface area contributed by atoms with Crippen LogP contribution in [0.2, 0.25) is 0 Å². The largest absolute Gasteiger partial charge is 0.549 e. The Hall–Kier alpha value is -2.70. The lowest BCUT2D eigenvalue weighted by atomic mass is 9.98. The second kappa shape index (κ2) is 5.74. The minimum atomic E-state index is -1.74. The lowest BCUT2D eigenvalue weighted by Crippen LogP contribution is -2.44. The standard InChI is InChI=1S/C14H15NO6/c1-20-9-3-4-10(21-2)12-11(9)7(6-15-12)5-8(13(16)17)14(18)19/h3-4,6,8,15H,5H2,1-2H3,(H,16,17)(H,18,19)/p-2. The van der Waals surface area contributed by atoms with Gasteiger partial charge in [-0.3, -0.25) is 0 Å². The monoisotopic (exact) mass is 291 g/mol. The van der Waals surface area contributed by atoms with Gasteiger partial charge in [-0.1, -0.05) is 0 Å². The van der Waals surface area contributed by atoms with Gasteiger partial charge in [-0.2, -0.15) is 0 Å². The van der Waals surface area contributed by atoms with E-state index in [2.05, 4.69) is 4.98 Å². The molecule has 0 amide bonds. The maximum absolute atomic E-state index is 10.9. The Morgan fingerprint density at radius 1 is 1.14 bits per heavy atom. The number of hydrogen-bond acceptors (Lipinski definition) is 6. The predicted molar refractivity (Wildman–Crippen MR) is 68.6 cm³/mol. The Kier molecular flexibility index (Phi) is 4.02. The molecule has 0 aliphatic carbocycles. The Bertz CT molecular complexity index is 676. The number of methoxy groups -OCH3 is 2. The average molecular weight is 291 g/mol. The first kappa shape index (κ1) is 14.7. The van der Waals surface area contributed by atoms with E-state index in [4.69, 9.17) is 9.47 Å². The zero-order valence-electron chi connectivity index (χ0n) is 11.5. The molecule has 2 aromatic rings. The number of fused-ring (bicyclic) bond motifs is 1. The van der Waals surface area contributed by atoms with Crippen molar-refractivity contribution < 1.29 is 29.3 Å². The molecule has 1 aromatic heterocycles. The van der Waals surface area contributed by atoms with E-state index in [1.807, 2.05) is 0 Å². The maximum atomic E-state index is 10.9. The second-order valence-electron chi connectivity index (χ2n) is 4.43. The van der Waals surface area contributed by atoms with Crippen LogP contribution < -0.4 is 19.7 Å². The van der Waals surface area contributed by atoms with Gasteiger partial charge in [-0.05, 0) is 24.1 Å². The SMILES string of the molecule is COc1ccc(OC)c2c(CC(C(=O)[O-])C(=O)[O-])c[nH]c12. The minimum Gasteiger partial charge on any atom is -0.549 e. The van der Waals surface area contributed by atoms with E-state index in [-0.39, 0.29) is 6.42 Å². The van der Waals surface area contributed by atoms with Crippen molar-refractivity contribution >= 4 is 22.8 Å². The molecule has 21 heavy (non-hydrogen) atoms. The molecule has 7 nitrogen and oxygen atoms in total. The summed E-state index contributed by atoms with van der Waals surface area (Å²) in [6, 6.07) is 3.35. The number of carbonyl (C=O) groups is 2. The van der Waals surface area contributed by atoms with Gasteiger partial charge in [0.25, 0.3) is 0 Å². The number of ether oxygens (including phenoxy) is 2. The van der Waals surface area contributed by atoms with Crippen molar-refractivity contribution in [3.63, 3.8) is 0 Å². The summed E-state index contributed by atoms with van der Waals surface area (Å²) in [6.07, 6.45) is 1.25. The number of aromatic amines is 1. The summed E-state index contributed by atoms with van der Waals surface area (Å²) >= 11 is 0. The average Bonchev–Trinajstić information content (AvgIpc) is 2.87. The maximum Gasteiger partial charge on any atom is 0.143 e. The molecule has 0 aliphatic rings. The molecule has 7 heteroatoms. The summed E-state index contributed by atoms with van der Waals surface area (Å²) < 4.78 is 10.4. The number of aromatic nitrogens is 1. The van der Waals surface area contributed by atoms with Crippen LogP contribution in [0.1, 0.15) is 5.56 Å². The van der Waals surface area contributed by atoms with Crippen LogP contribution in [-0.4, -0.2) is 31.1 Å². The van der Waals surface area contributed by atoms with Crippen LogP contribution in [0, 0.1) is 5.92 Å². The van der Waals surface area contributed by atoms with Crippen molar-refractivity contribution in [2.75, 3.05) is 14.2 Å². The van der Waals surface area contributed by atoms with E-state index < -0.39 is 17.9 Å². The summed E-state index contributed by atoms with van der Waals surface area (Å²) in [5.74, 6) is -4.09. The predicted octanol–water partition coefficient (Wildman–Crippen LogP) is -1.16. The topological polar surface area (TPSA) is 115 Å². The molecule has 1 heterocycles. The number of hydrogen-bond donors (Lipinski definition) is 1. The molecule has 0 spiro atoms. The van der Waals surface area contributed by atoms with Gasteiger partial charge in [0.15, 0.2) is 0 Å². The van der Waals surface area contributed by atoms with Gasteiger partial charge < -0.3 is 34.3 Å². The number of aliphatic carboxylic acids is 2. The smallest absolute Gasteiger partial charge is 0.143 e. The van der Waals surface area contributed by atoms with Crippen molar-refractivity contribution in [1.82, 2.24) is 4.98 Å². The molecule has 1 aromatic carbocycles. The molecule has 0 radical (unpaired) electrons. The third kappa shape index (κ3) is 2.62. The summed E-state index contributed by atoms with van der Waals surface area (Å²) in [4.78, 5) is 24.7. The number of H-pyrrole nitrogens is 1. The first-order valence-corrected chi connectivity index (χ1v) is 6.12. The van der Waals surface area contributed by atoms with Crippen molar-refractivity contribution in [2.24, 2.45) is 5.92 Å². The molecule has 0 atom stereocenters. The van der Waals surface area contributed by atoms with Crippen LogP contribution >= 0.6 is 0 Å². The van der Waals surface area contributed by atoms with Crippen LogP contribution in [-0.2, 0) is 16.0 Å². The molecule has 1 N–H and O–H groups in total. The summed E-state index contributed by atoms with van der Waals surface area (Å²) in [6.45, 7) is 0. The van der Waals surface area contributed by atoms with Crippen LogP contribution in [0.25, 0.3) is 10.9 Å². The van der Waals surface area contributed by atoms with Gasteiger partial charge in [-0.15, -0.1) is 0 Å². The fourth-order valence-electron chi connectivity index (χ4n) is 2.24. The van der Waals surface area contributed by atoms with Gasteiger partial charge >= 0.3 is 0 Å². The summed E-state index contributed by atoms with van der Waals surface area (Å²) in [5, 5.41) is 22.3. The molecule has 2 rings (SSSR count). The van der Waals surface area contributed by atoms with Crippen molar-refractivity contribution in [2.45, 2.75) is 6.42 Å². The van der Waals surface area contributed by atoms with Crippen LogP contribution in [0.4, 0.5) is 0 Å². The van der Waals surface area contributed by atoms with Gasteiger partial charge in [0.2, 0.25) is 0 Å². The number of nitrogens with one attached hydrogen (secondary N) is 1. The minimum absolute atomic E-state index is 0.270. The third-order valence-corrected chi connectivity index (χ3v) is 3.27. The highest BCUT2D eigenvalue weighted by atomic mass is 16.5. The molecule has 0 bridgehead atoms. The number of carboxylic acid groups (broad SMARTS) is 2. The molecule has 0 aliphatic heterocycles. The number of carbonyl (C=O) groups excluding carboxylic acids is 2. The Morgan fingerprint density at radius 3 is 2.24 bits per heavy atom. The highest BCUT2D eigenvalue weighted by Crippen LogP contribution is 2.35. The Balaban J connectivity index is 2.54. The first-order chi connectivity index (χ1) is 9.99. The Labute approximate surface area is 120 Å². The fourth-order valence-corrected chi connectivity index (χ4v) is 2.24. The van der Waals surface area contributed by atoms with Gasteiger partial charge in [0, 0.05) is 17.5 Å². The highest BCUT2D eigenvalue weighted by Gasteiger charge is 2.18. The summed E-state index contributed by atoms with van der Waals surface area (Å²) in [5.41, 5.74) is 1.07. The highest BCUT2D eigenvalue weighted by molar-refractivity contribution is 5.96. The van der Waals surface area contributed by atoms with E-state index in [0.29, 0.717) is 28.0 Å². The van der Waals surface area contributed by atoms with Crippen molar-refractivity contribution in [3.05, 3.63) is 23.9 Å². The van der Waals surface area contributed by atoms with Crippen molar-refractivity contribution in [1.29, 1.82) is 0 Å².